The Hall–Kier alpha value is -1.62. The molecule has 1 aliphatic rings. The molecule has 0 amide bonds. The third-order valence-electron chi connectivity index (χ3n) is 3.20. The maximum Gasteiger partial charge on any atom is 0.341 e. The molecule has 0 aromatic carbocycles. The van der Waals surface area contributed by atoms with Crippen LogP contribution in [0.3, 0.4) is 0 Å². The highest BCUT2D eigenvalue weighted by molar-refractivity contribution is 5.94. The molecule has 0 spiro atoms. The summed E-state index contributed by atoms with van der Waals surface area (Å²) in [6.07, 6.45) is 2.77. The first kappa shape index (κ1) is 12.8. The predicted molar refractivity (Wildman–Crippen MR) is 69.9 cm³/mol. The van der Waals surface area contributed by atoms with Crippen molar-refractivity contribution >= 4 is 11.8 Å². The number of hydrogen-bond acceptors (Lipinski definition) is 5. The molecular weight excluding hydrogens is 230 g/mol. The molecule has 1 unspecified atom stereocenters. The molecule has 1 N–H and O–H groups in total. The van der Waals surface area contributed by atoms with Crippen molar-refractivity contribution in [2.24, 2.45) is 0 Å². The molecule has 1 aromatic heterocycles. The lowest BCUT2D eigenvalue weighted by molar-refractivity contribution is 0.0526. The molecule has 0 saturated carbocycles. The Labute approximate surface area is 107 Å². The van der Waals surface area contributed by atoms with Crippen LogP contribution in [0.1, 0.15) is 23.7 Å². The Morgan fingerprint density at radius 1 is 1.67 bits per heavy atom. The third-order valence-corrected chi connectivity index (χ3v) is 3.20. The minimum absolute atomic E-state index is 0.307. The van der Waals surface area contributed by atoms with Gasteiger partial charge in [0.1, 0.15) is 11.4 Å². The van der Waals surface area contributed by atoms with E-state index in [1.807, 2.05) is 7.05 Å². The fraction of sp³-hybridized carbons (Fsp3) is 0.538. The highest BCUT2D eigenvalue weighted by Crippen LogP contribution is 2.21. The number of ether oxygens (including phenoxy) is 1. The number of aromatic nitrogens is 1. The zero-order valence-corrected chi connectivity index (χ0v) is 10.8. The van der Waals surface area contributed by atoms with Gasteiger partial charge in [0.05, 0.1) is 6.61 Å². The molecule has 2 rings (SSSR count). The number of pyridine rings is 1. The quantitative estimate of drug-likeness (QED) is 0.809. The number of anilines is 1. The van der Waals surface area contributed by atoms with Crippen LogP contribution in [-0.4, -0.2) is 43.7 Å². The first-order valence-corrected chi connectivity index (χ1v) is 6.29. The summed E-state index contributed by atoms with van der Waals surface area (Å²) < 4.78 is 5.06. The summed E-state index contributed by atoms with van der Waals surface area (Å²) in [4.78, 5) is 18.3. The van der Waals surface area contributed by atoms with Gasteiger partial charge < -0.3 is 15.0 Å². The van der Waals surface area contributed by atoms with Crippen molar-refractivity contribution in [3.8, 4) is 0 Å². The van der Waals surface area contributed by atoms with E-state index in [1.165, 1.54) is 0 Å². The first-order valence-electron chi connectivity index (χ1n) is 6.29. The van der Waals surface area contributed by atoms with Gasteiger partial charge >= 0.3 is 5.97 Å². The monoisotopic (exact) mass is 249 g/mol. The van der Waals surface area contributed by atoms with Gasteiger partial charge in [0.2, 0.25) is 0 Å². The molecule has 5 nitrogen and oxygen atoms in total. The van der Waals surface area contributed by atoms with Gasteiger partial charge in [-0.15, -0.1) is 0 Å². The summed E-state index contributed by atoms with van der Waals surface area (Å²) >= 11 is 0. The second kappa shape index (κ2) is 5.82. The van der Waals surface area contributed by atoms with E-state index in [-0.39, 0.29) is 5.97 Å². The van der Waals surface area contributed by atoms with Crippen molar-refractivity contribution in [3.63, 3.8) is 0 Å². The maximum atomic E-state index is 11.9. The van der Waals surface area contributed by atoms with E-state index in [2.05, 4.69) is 15.2 Å². The SMILES string of the molecule is CCOC(=O)c1cccnc1N(C)C1CCNC1. The number of carbonyl (C=O) groups is 1. The number of nitrogens with one attached hydrogen (secondary N) is 1. The van der Waals surface area contributed by atoms with Gasteiger partial charge in [-0.3, -0.25) is 0 Å². The van der Waals surface area contributed by atoms with Crippen LogP contribution in [0, 0.1) is 0 Å². The van der Waals surface area contributed by atoms with Crippen molar-refractivity contribution in [1.82, 2.24) is 10.3 Å². The van der Waals surface area contributed by atoms with Crippen LogP contribution in [0.5, 0.6) is 0 Å². The molecule has 0 aliphatic carbocycles. The van der Waals surface area contributed by atoms with Crippen molar-refractivity contribution < 1.29 is 9.53 Å². The fourth-order valence-corrected chi connectivity index (χ4v) is 2.19. The second-order valence-electron chi connectivity index (χ2n) is 4.35. The lowest BCUT2D eigenvalue weighted by Crippen LogP contribution is -2.35. The summed E-state index contributed by atoms with van der Waals surface area (Å²) in [5.74, 6) is 0.392. The van der Waals surface area contributed by atoms with Gasteiger partial charge in [-0.2, -0.15) is 0 Å². The number of carbonyl (C=O) groups excluding carboxylic acids is 1. The molecule has 1 aliphatic heterocycles. The highest BCUT2D eigenvalue weighted by Gasteiger charge is 2.24. The zero-order valence-electron chi connectivity index (χ0n) is 10.8. The average Bonchev–Trinajstić information content (AvgIpc) is 2.92. The largest absolute Gasteiger partial charge is 0.462 e. The zero-order chi connectivity index (χ0) is 13.0. The summed E-state index contributed by atoms with van der Waals surface area (Å²) in [6.45, 7) is 4.12. The van der Waals surface area contributed by atoms with E-state index in [9.17, 15) is 4.79 Å². The molecule has 0 bridgehead atoms. The van der Waals surface area contributed by atoms with Gasteiger partial charge in [0.25, 0.3) is 0 Å². The van der Waals surface area contributed by atoms with Crippen LogP contribution in [-0.2, 0) is 4.74 Å². The Balaban J connectivity index is 2.23. The van der Waals surface area contributed by atoms with Gasteiger partial charge in [-0.05, 0) is 32.0 Å². The molecule has 2 heterocycles. The van der Waals surface area contributed by atoms with Crippen LogP contribution in [0.25, 0.3) is 0 Å². The number of likely N-dealkylation sites (N-methyl/N-ethyl adjacent to an activating group) is 1. The van der Waals surface area contributed by atoms with Gasteiger partial charge in [-0.25, -0.2) is 9.78 Å². The Morgan fingerprint density at radius 2 is 2.50 bits per heavy atom. The maximum absolute atomic E-state index is 11.9. The highest BCUT2D eigenvalue weighted by atomic mass is 16.5. The summed E-state index contributed by atoms with van der Waals surface area (Å²) in [5.41, 5.74) is 0.536. The fourth-order valence-electron chi connectivity index (χ4n) is 2.19. The van der Waals surface area contributed by atoms with E-state index in [4.69, 9.17) is 4.74 Å². The Bertz CT molecular complexity index is 416. The topological polar surface area (TPSA) is 54.5 Å². The van der Waals surface area contributed by atoms with Crippen molar-refractivity contribution in [3.05, 3.63) is 23.9 Å². The predicted octanol–water partition coefficient (Wildman–Crippen LogP) is 1.06. The van der Waals surface area contributed by atoms with Crippen LogP contribution >= 0.6 is 0 Å². The van der Waals surface area contributed by atoms with E-state index < -0.39 is 0 Å². The van der Waals surface area contributed by atoms with E-state index in [0.29, 0.717) is 24.0 Å². The van der Waals surface area contributed by atoms with Crippen molar-refractivity contribution in [1.29, 1.82) is 0 Å². The minimum atomic E-state index is -0.307. The standard InChI is InChI=1S/C13H19N3O2/c1-3-18-13(17)11-5-4-7-15-12(11)16(2)10-6-8-14-9-10/h4-5,7,10,14H,3,6,8-9H2,1-2H3. The minimum Gasteiger partial charge on any atom is -0.462 e. The molecule has 1 aromatic rings. The van der Waals surface area contributed by atoms with Gasteiger partial charge in [0, 0.05) is 25.8 Å². The molecule has 98 valence electrons. The van der Waals surface area contributed by atoms with Crippen LogP contribution in [0.15, 0.2) is 18.3 Å². The molecule has 1 saturated heterocycles. The molecule has 1 fully saturated rings. The lowest BCUT2D eigenvalue weighted by Gasteiger charge is -2.26. The lowest BCUT2D eigenvalue weighted by atomic mass is 10.2. The Kier molecular flexibility index (Phi) is 4.15. The van der Waals surface area contributed by atoms with Gasteiger partial charge in [-0.1, -0.05) is 0 Å². The average molecular weight is 249 g/mol. The van der Waals surface area contributed by atoms with Crippen molar-refractivity contribution in [2.75, 3.05) is 31.6 Å². The number of esters is 1. The van der Waals surface area contributed by atoms with Crippen LogP contribution in [0.2, 0.25) is 0 Å². The van der Waals surface area contributed by atoms with Crippen LogP contribution in [0.4, 0.5) is 5.82 Å². The smallest absolute Gasteiger partial charge is 0.341 e. The number of hydrogen-bond donors (Lipinski definition) is 1. The van der Waals surface area contributed by atoms with Crippen molar-refractivity contribution in [2.45, 2.75) is 19.4 Å². The molecule has 1 atom stereocenters. The number of rotatable bonds is 4. The summed E-state index contributed by atoms with van der Waals surface area (Å²) in [6, 6.07) is 3.91. The molecular formula is C13H19N3O2. The van der Waals surface area contributed by atoms with E-state index in [1.54, 1.807) is 25.3 Å². The Morgan fingerprint density at radius 3 is 3.17 bits per heavy atom. The van der Waals surface area contributed by atoms with Gasteiger partial charge in [0.15, 0.2) is 0 Å². The first-order chi connectivity index (χ1) is 8.74. The normalized spacial score (nSPS) is 18.7. The molecule has 5 heteroatoms. The van der Waals surface area contributed by atoms with E-state index >= 15 is 0 Å². The molecule has 0 radical (unpaired) electrons. The summed E-state index contributed by atoms with van der Waals surface area (Å²) in [7, 11) is 1.97. The third kappa shape index (κ3) is 2.61. The summed E-state index contributed by atoms with van der Waals surface area (Å²) in [5, 5.41) is 3.31. The second-order valence-corrected chi connectivity index (χ2v) is 4.35. The number of nitrogens with zero attached hydrogens (tertiary/aromatic N) is 2. The molecule has 18 heavy (non-hydrogen) atoms. The van der Waals surface area contributed by atoms with E-state index in [0.717, 1.165) is 19.5 Å². The van der Waals surface area contributed by atoms with Crippen LogP contribution < -0.4 is 10.2 Å².